The van der Waals surface area contributed by atoms with Gasteiger partial charge in [0.2, 0.25) is 0 Å². The number of pyridine rings is 1. The summed E-state index contributed by atoms with van der Waals surface area (Å²) < 4.78 is 0. The number of para-hydroxylation sites is 1. The fourth-order valence-electron chi connectivity index (χ4n) is 2.07. The molecule has 0 amide bonds. The number of aromatic amines is 1. The van der Waals surface area contributed by atoms with Crippen LogP contribution in [0.5, 0.6) is 0 Å². The average Bonchev–Trinajstić information content (AvgIpc) is 2.89. The van der Waals surface area contributed by atoms with Crippen LogP contribution in [0.2, 0.25) is 0 Å². The molecule has 0 fully saturated rings. The van der Waals surface area contributed by atoms with Gasteiger partial charge in [-0.3, -0.25) is 0 Å². The van der Waals surface area contributed by atoms with E-state index in [0.717, 1.165) is 21.6 Å². The van der Waals surface area contributed by atoms with Crippen molar-refractivity contribution < 1.29 is 5.21 Å². The Bertz CT molecular complexity index is 792. The molecule has 0 spiro atoms. The van der Waals surface area contributed by atoms with Crippen molar-refractivity contribution in [3.8, 4) is 0 Å². The molecule has 0 saturated carbocycles. The topological polar surface area (TPSA) is 87.3 Å². The molecule has 6 heteroatoms. The SMILES string of the molecule is Cc1ccc(/C(N)=N/O)c(Sc2cc3ccccc3[nH]2)n1. The van der Waals surface area contributed by atoms with E-state index in [1.807, 2.05) is 43.3 Å². The predicted molar refractivity (Wildman–Crippen MR) is 83.9 cm³/mol. The van der Waals surface area contributed by atoms with E-state index < -0.39 is 0 Å². The lowest BCUT2D eigenvalue weighted by molar-refractivity contribution is 0.318. The van der Waals surface area contributed by atoms with Gasteiger partial charge in [0.25, 0.3) is 0 Å². The summed E-state index contributed by atoms with van der Waals surface area (Å²) >= 11 is 1.46. The molecular weight excluding hydrogens is 284 g/mol. The lowest BCUT2D eigenvalue weighted by Crippen LogP contribution is -2.15. The van der Waals surface area contributed by atoms with Crippen molar-refractivity contribution in [1.29, 1.82) is 0 Å². The molecule has 3 aromatic rings. The molecule has 5 nitrogen and oxygen atoms in total. The summed E-state index contributed by atoms with van der Waals surface area (Å²) in [6.45, 7) is 1.91. The standard InChI is InChI=1S/C15H14N4OS/c1-9-6-7-11(14(16)19-20)15(17-9)21-13-8-10-4-2-3-5-12(10)18-13/h2-8,18,20H,1H3,(H2,16,19). The van der Waals surface area contributed by atoms with Crippen LogP contribution in [0, 0.1) is 6.92 Å². The number of rotatable bonds is 3. The van der Waals surface area contributed by atoms with E-state index in [9.17, 15) is 0 Å². The van der Waals surface area contributed by atoms with Gasteiger partial charge in [0.15, 0.2) is 5.84 Å². The van der Waals surface area contributed by atoms with Gasteiger partial charge in [0.05, 0.1) is 10.6 Å². The van der Waals surface area contributed by atoms with Gasteiger partial charge in [0.1, 0.15) is 5.03 Å². The van der Waals surface area contributed by atoms with Gasteiger partial charge < -0.3 is 15.9 Å². The Balaban J connectivity index is 2.02. The number of amidine groups is 1. The molecule has 0 bridgehead atoms. The monoisotopic (exact) mass is 298 g/mol. The van der Waals surface area contributed by atoms with Gasteiger partial charge in [-0.2, -0.15) is 0 Å². The van der Waals surface area contributed by atoms with Gasteiger partial charge in [-0.05, 0) is 31.2 Å². The van der Waals surface area contributed by atoms with E-state index in [0.29, 0.717) is 10.6 Å². The summed E-state index contributed by atoms with van der Waals surface area (Å²) in [7, 11) is 0. The highest BCUT2D eigenvalue weighted by atomic mass is 32.2. The van der Waals surface area contributed by atoms with Gasteiger partial charge in [-0.25, -0.2) is 4.98 Å². The minimum Gasteiger partial charge on any atom is -0.409 e. The molecule has 106 valence electrons. The molecule has 4 N–H and O–H groups in total. The van der Waals surface area contributed by atoms with Gasteiger partial charge in [-0.15, -0.1) is 0 Å². The predicted octanol–water partition coefficient (Wildman–Crippen LogP) is 3.12. The lowest BCUT2D eigenvalue weighted by Gasteiger charge is -2.06. The van der Waals surface area contributed by atoms with Crippen molar-refractivity contribution in [2.24, 2.45) is 10.9 Å². The summed E-state index contributed by atoms with van der Waals surface area (Å²) in [6, 6.07) is 13.8. The highest BCUT2D eigenvalue weighted by molar-refractivity contribution is 7.99. The first-order valence-corrected chi connectivity index (χ1v) is 7.20. The van der Waals surface area contributed by atoms with Crippen LogP contribution in [0.25, 0.3) is 10.9 Å². The van der Waals surface area contributed by atoms with E-state index in [1.54, 1.807) is 0 Å². The highest BCUT2D eigenvalue weighted by Gasteiger charge is 2.12. The van der Waals surface area contributed by atoms with Gasteiger partial charge >= 0.3 is 0 Å². The molecule has 0 unspecified atom stereocenters. The van der Waals surface area contributed by atoms with Crippen LogP contribution in [0.3, 0.4) is 0 Å². The minimum atomic E-state index is 0.0566. The molecule has 0 aliphatic rings. The summed E-state index contributed by atoms with van der Waals surface area (Å²) in [5.41, 5.74) is 8.27. The van der Waals surface area contributed by atoms with Crippen LogP contribution >= 0.6 is 11.8 Å². The second kappa shape index (κ2) is 5.49. The van der Waals surface area contributed by atoms with E-state index >= 15 is 0 Å². The number of nitrogens with two attached hydrogens (primary N) is 1. The number of H-pyrrole nitrogens is 1. The molecular formula is C15H14N4OS. The molecule has 2 aromatic heterocycles. The minimum absolute atomic E-state index is 0.0566. The zero-order valence-corrected chi connectivity index (χ0v) is 12.2. The van der Waals surface area contributed by atoms with Crippen LogP contribution in [0.1, 0.15) is 11.3 Å². The van der Waals surface area contributed by atoms with Crippen molar-refractivity contribution in [3.63, 3.8) is 0 Å². The molecule has 21 heavy (non-hydrogen) atoms. The fourth-order valence-corrected chi connectivity index (χ4v) is 3.09. The number of nitrogens with zero attached hydrogens (tertiary/aromatic N) is 2. The molecule has 2 heterocycles. The number of fused-ring (bicyclic) bond motifs is 1. The molecule has 1 aromatic carbocycles. The van der Waals surface area contributed by atoms with E-state index in [2.05, 4.69) is 21.2 Å². The summed E-state index contributed by atoms with van der Waals surface area (Å²) in [5.74, 6) is 0.0566. The number of oxime groups is 1. The van der Waals surface area contributed by atoms with Crippen molar-refractivity contribution in [1.82, 2.24) is 9.97 Å². The first-order chi connectivity index (χ1) is 10.2. The van der Waals surface area contributed by atoms with Crippen molar-refractivity contribution in [3.05, 3.63) is 53.7 Å². The third-order valence-corrected chi connectivity index (χ3v) is 4.04. The van der Waals surface area contributed by atoms with Crippen molar-refractivity contribution >= 4 is 28.5 Å². The van der Waals surface area contributed by atoms with E-state index in [1.165, 1.54) is 11.8 Å². The first-order valence-electron chi connectivity index (χ1n) is 6.38. The van der Waals surface area contributed by atoms with Crippen LogP contribution < -0.4 is 5.73 Å². The van der Waals surface area contributed by atoms with Crippen LogP contribution in [0.4, 0.5) is 0 Å². The zero-order valence-electron chi connectivity index (χ0n) is 11.4. The maximum absolute atomic E-state index is 8.88. The number of hydrogen-bond acceptors (Lipinski definition) is 4. The normalized spacial score (nSPS) is 12.0. The third-order valence-electron chi connectivity index (χ3n) is 3.10. The van der Waals surface area contributed by atoms with Crippen molar-refractivity contribution in [2.75, 3.05) is 0 Å². The Kier molecular flexibility index (Phi) is 3.53. The second-order valence-electron chi connectivity index (χ2n) is 4.61. The maximum Gasteiger partial charge on any atom is 0.172 e. The second-order valence-corrected chi connectivity index (χ2v) is 5.64. The number of hydrogen-bond donors (Lipinski definition) is 3. The summed E-state index contributed by atoms with van der Waals surface area (Å²) in [5, 5.41) is 14.7. The molecule has 0 atom stereocenters. The molecule has 0 aliphatic carbocycles. The Hall–Kier alpha value is -2.47. The smallest absolute Gasteiger partial charge is 0.172 e. The lowest BCUT2D eigenvalue weighted by atomic mass is 10.2. The highest BCUT2D eigenvalue weighted by Crippen LogP contribution is 2.30. The molecule has 0 aliphatic heterocycles. The van der Waals surface area contributed by atoms with Crippen molar-refractivity contribution in [2.45, 2.75) is 17.0 Å². The molecule has 3 rings (SSSR count). The van der Waals surface area contributed by atoms with Crippen LogP contribution in [0.15, 0.2) is 57.7 Å². The molecule has 0 saturated heterocycles. The average molecular weight is 298 g/mol. The Morgan fingerprint density at radius 1 is 1.29 bits per heavy atom. The largest absolute Gasteiger partial charge is 0.409 e. The van der Waals surface area contributed by atoms with Crippen LogP contribution in [-0.2, 0) is 0 Å². The molecule has 0 radical (unpaired) electrons. The maximum atomic E-state index is 8.88. The summed E-state index contributed by atoms with van der Waals surface area (Å²) in [4.78, 5) is 7.81. The summed E-state index contributed by atoms with van der Waals surface area (Å²) in [6.07, 6.45) is 0. The van der Waals surface area contributed by atoms with Gasteiger partial charge in [0, 0.05) is 16.6 Å². The van der Waals surface area contributed by atoms with E-state index in [-0.39, 0.29) is 5.84 Å². The number of nitrogens with one attached hydrogen (secondary N) is 1. The quantitative estimate of drug-likeness (QED) is 0.300. The van der Waals surface area contributed by atoms with E-state index in [4.69, 9.17) is 10.9 Å². The zero-order chi connectivity index (χ0) is 14.8. The Labute approximate surface area is 125 Å². The Morgan fingerprint density at radius 2 is 2.10 bits per heavy atom. The fraction of sp³-hybridized carbons (Fsp3) is 0.0667. The number of benzene rings is 1. The third kappa shape index (κ3) is 2.71. The first kappa shape index (κ1) is 13.5. The van der Waals surface area contributed by atoms with Crippen LogP contribution in [-0.4, -0.2) is 21.0 Å². The Morgan fingerprint density at radius 3 is 2.86 bits per heavy atom. The number of aryl methyl sites for hydroxylation is 1. The number of aromatic nitrogens is 2. The van der Waals surface area contributed by atoms with Gasteiger partial charge in [-0.1, -0.05) is 35.1 Å².